The molecule has 0 radical (unpaired) electrons. The molecule has 0 fully saturated rings. The van der Waals surface area contributed by atoms with Gasteiger partial charge in [0.1, 0.15) is 0 Å². The van der Waals surface area contributed by atoms with E-state index in [2.05, 4.69) is 5.32 Å². The second kappa shape index (κ2) is 5.43. The Labute approximate surface area is 72.1 Å². The summed E-state index contributed by atoms with van der Waals surface area (Å²) in [6, 6.07) is 0.115. The molecule has 1 amide bonds. The van der Waals surface area contributed by atoms with Gasteiger partial charge in [-0.1, -0.05) is 0 Å². The van der Waals surface area contributed by atoms with Gasteiger partial charge in [-0.05, 0) is 20.1 Å². The number of carbonyl (C=O) groups is 1. The minimum atomic E-state index is -0.294. The van der Waals surface area contributed by atoms with Crippen molar-refractivity contribution >= 4 is 17.7 Å². The van der Waals surface area contributed by atoms with Gasteiger partial charge < -0.3 is 11.1 Å². The van der Waals surface area contributed by atoms with Gasteiger partial charge in [-0.2, -0.15) is 11.8 Å². The lowest BCUT2D eigenvalue weighted by Crippen LogP contribution is -2.44. The van der Waals surface area contributed by atoms with Crippen LogP contribution in [-0.2, 0) is 4.79 Å². The molecule has 66 valence electrons. The topological polar surface area (TPSA) is 55.1 Å². The van der Waals surface area contributed by atoms with E-state index in [1.807, 2.05) is 13.2 Å². The number of amides is 1. The lowest BCUT2D eigenvalue weighted by Gasteiger charge is -2.16. The van der Waals surface area contributed by atoms with E-state index in [0.29, 0.717) is 6.04 Å². The number of rotatable bonds is 5. The number of carbonyl (C=O) groups excluding carboxylic acids is 1. The van der Waals surface area contributed by atoms with Crippen LogP contribution >= 0.6 is 11.8 Å². The number of hydrogen-bond acceptors (Lipinski definition) is 3. The molecule has 0 aromatic rings. The van der Waals surface area contributed by atoms with Gasteiger partial charge in [-0.3, -0.25) is 4.79 Å². The third-order valence-corrected chi connectivity index (χ3v) is 2.21. The van der Waals surface area contributed by atoms with Crippen LogP contribution in [0, 0.1) is 0 Å². The van der Waals surface area contributed by atoms with E-state index in [4.69, 9.17) is 5.73 Å². The fourth-order valence-corrected chi connectivity index (χ4v) is 1.40. The van der Waals surface area contributed by atoms with E-state index < -0.39 is 0 Å². The Morgan fingerprint density at radius 3 is 2.55 bits per heavy atom. The quantitative estimate of drug-likeness (QED) is 0.629. The summed E-state index contributed by atoms with van der Waals surface area (Å²) >= 11 is 1.75. The first kappa shape index (κ1) is 10.8. The Balaban J connectivity index is 3.56. The molecule has 3 N–H and O–H groups in total. The normalized spacial score (nSPS) is 15.9. The Kier molecular flexibility index (Phi) is 5.32. The Morgan fingerprint density at radius 1 is 1.64 bits per heavy atom. The largest absolute Gasteiger partial charge is 0.368 e. The summed E-state index contributed by atoms with van der Waals surface area (Å²) in [5.41, 5.74) is 5.07. The predicted molar refractivity (Wildman–Crippen MR) is 49.6 cm³/mol. The summed E-state index contributed by atoms with van der Waals surface area (Å²) in [6.07, 6.45) is 2.03. The van der Waals surface area contributed by atoms with Crippen molar-refractivity contribution in [2.24, 2.45) is 5.73 Å². The zero-order valence-electron chi connectivity index (χ0n) is 7.26. The summed E-state index contributed by atoms with van der Waals surface area (Å²) < 4.78 is 0. The number of hydrogen-bond donors (Lipinski definition) is 2. The molecular weight excluding hydrogens is 160 g/mol. The highest BCUT2D eigenvalue weighted by molar-refractivity contribution is 7.98. The van der Waals surface area contributed by atoms with Gasteiger partial charge in [-0.25, -0.2) is 0 Å². The van der Waals surface area contributed by atoms with Gasteiger partial charge in [0.25, 0.3) is 0 Å². The van der Waals surface area contributed by atoms with Gasteiger partial charge in [0.05, 0.1) is 6.04 Å². The number of primary amides is 1. The molecule has 4 heteroatoms. The smallest absolute Gasteiger partial charge is 0.234 e. The van der Waals surface area contributed by atoms with Crippen molar-refractivity contribution in [3.8, 4) is 0 Å². The van der Waals surface area contributed by atoms with E-state index in [9.17, 15) is 4.79 Å². The summed E-state index contributed by atoms with van der Waals surface area (Å²) in [5, 5.41) is 3.08. The van der Waals surface area contributed by atoms with Crippen molar-refractivity contribution in [2.75, 3.05) is 12.0 Å². The standard InChI is InChI=1S/C7H16N2OS/c1-5(4-11-3)9-6(2)7(8)10/h5-6,9H,4H2,1-3H3,(H2,8,10). The maximum Gasteiger partial charge on any atom is 0.234 e. The van der Waals surface area contributed by atoms with Crippen LogP contribution in [0.3, 0.4) is 0 Å². The maximum absolute atomic E-state index is 10.6. The molecule has 0 spiro atoms. The molecule has 0 aliphatic carbocycles. The van der Waals surface area contributed by atoms with E-state index in [0.717, 1.165) is 5.75 Å². The molecule has 11 heavy (non-hydrogen) atoms. The fraction of sp³-hybridized carbons (Fsp3) is 0.857. The lowest BCUT2D eigenvalue weighted by atomic mass is 10.3. The second-order valence-corrected chi connectivity index (χ2v) is 3.56. The summed E-state index contributed by atoms with van der Waals surface area (Å²) in [7, 11) is 0. The van der Waals surface area contributed by atoms with E-state index in [1.54, 1.807) is 18.7 Å². The van der Waals surface area contributed by atoms with Crippen LogP contribution < -0.4 is 11.1 Å². The molecule has 3 nitrogen and oxygen atoms in total. The van der Waals surface area contributed by atoms with Crippen LogP contribution in [0.15, 0.2) is 0 Å². The third kappa shape index (κ3) is 5.09. The molecule has 0 aromatic heterocycles. The molecule has 0 aliphatic rings. The molecule has 0 aliphatic heterocycles. The molecular formula is C7H16N2OS. The van der Waals surface area contributed by atoms with Crippen molar-refractivity contribution in [3.63, 3.8) is 0 Å². The van der Waals surface area contributed by atoms with Gasteiger partial charge in [0.15, 0.2) is 0 Å². The molecule has 0 rings (SSSR count). The number of thioether (sulfide) groups is 1. The minimum Gasteiger partial charge on any atom is -0.368 e. The molecule has 0 aromatic carbocycles. The average molecular weight is 176 g/mol. The highest BCUT2D eigenvalue weighted by Crippen LogP contribution is 1.96. The zero-order valence-corrected chi connectivity index (χ0v) is 8.07. The van der Waals surface area contributed by atoms with Crippen LogP contribution in [-0.4, -0.2) is 30.0 Å². The van der Waals surface area contributed by atoms with E-state index in [-0.39, 0.29) is 11.9 Å². The van der Waals surface area contributed by atoms with Crippen molar-refractivity contribution in [1.82, 2.24) is 5.32 Å². The van der Waals surface area contributed by atoms with Crippen molar-refractivity contribution < 1.29 is 4.79 Å². The van der Waals surface area contributed by atoms with E-state index in [1.165, 1.54) is 0 Å². The lowest BCUT2D eigenvalue weighted by molar-refractivity contribution is -0.119. The molecule has 0 saturated carbocycles. The van der Waals surface area contributed by atoms with Crippen LogP contribution in [0.1, 0.15) is 13.8 Å². The SMILES string of the molecule is CSCC(C)NC(C)C(N)=O. The highest BCUT2D eigenvalue weighted by atomic mass is 32.2. The van der Waals surface area contributed by atoms with Crippen molar-refractivity contribution in [3.05, 3.63) is 0 Å². The third-order valence-electron chi connectivity index (χ3n) is 1.38. The van der Waals surface area contributed by atoms with Crippen molar-refractivity contribution in [2.45, 2.75) is 25.9 Å². The molecule has 0 bridgehead atoms. The van der Waals surface area contributed by atoms with E-state index >= 15 is 0 Å². The van der Waals surface area contributed by atoms with Gasteiger partial charge in [0.2, 0.25) is 5.91 Å². The zero-order chi connectivity index (χ0) is 8.85. The summed E-state index contributed by atoms with van der Waals surface area (Å²) in [4.78, 5) is 10.6. The van der Waals surface area contributed by atoms with Crippen LogP contribution in [0.5, 0.6) is 0 Å². The van der Waals surface area contributed by atoms with Crippen LogP contribution in [0.2, 0.25) is 0 Å². The minimum absolute atomic E-state index is 0.225. The first-order valence-electron chi connectivity index (χ1n) is 3.62. The Morgan fingerprint density at radius 2 is 2.18 bits per heavy atom. The average Bonchev–Trinajstić information content (AvgIpc) is 1.87. The van der Waals surface area contributed by atoms with Crippen LogP contribution in [0.25, 0.3) is 0 Å². The van der Waals surface area contributed by atoms with Crippen molar-refractivity contribution in [1.29, 1.82) is 0 Å². The first-order valence-corrected chi connectivity index (χ1v) is 5.01. The summed E-state index contributed by atoms with van der Waals surface area (Å²) in [5.74, 6) is 0.704. The van der Waals surface area contributed by atoms with Gasteiger partial charge >= 0.3 is 0 Å². The first-order chi connectivity index (χ1) is 5.07. The fourth-order valence-electron chi connectivity index (χ4n) is 0.807. The molecule has 2 unspecified atom stereocenters. The summed E-state index contributed by atoms with van der Waals surface area (Å²) in [6.45, 7) is 3.81. The van der Waals surface area contributed by atoms with Crippen LogP contribution in [0.4, 0.5) is 0 Å². The molecule has 0 heterocycles. The Bertz CT molecular complexity index is 130. The van der Waals surface area contributed by atoms with Gasteiger partial charge in [0, 0.05) is 11.8 Å². The monoisotopic (exact) mass is 176 g/mol. The van der Waals surface area contributed by atoms with Gasteiger partial charge in [-0.15, -0.1) is 0 Å². The maximum atomic E-state index is 10.6. The molecule has 0 saturated heterocycles. The highest BCUT2D eigenvalue weighted by Gasteiger charge is 2.10. The Hall–Kier alpha value is -0.220. The number of nitrogens with two attached hydrogens (primary N) is 1. The predicted octanol–water partition coefficient (Wildman–Crippen LogP) is 0.201. The number of nitrogens with one attached hydrogen (secondary N) is 1. The second-order valence-electron chi connectivity index (χ2n) is 2.65. The molecule has 2 atom stereocenters.